The molecule has 0 radical (unpaired) electrons. The number of amides is 1. The predicted octanol–water partition coefficient (Wildman–Crippen LogP) is 3.32. The molecule has 1 aromatic carbocycles. The highest BCUT2D eigenvalue weighted by molar-refractivity contribution is 5.99. The molecule has 1 saturated heterocycles. The van der Waals surface area contributed by atoms with Gasteiger partial charge in [-0.1, -0.05) is 11.2 Å². The molecule has 0 saturated carbocycles. The van der Waals surface area contributed by atoms with Crippen LogP contribution >= 0.6 is 0 Å². The second kappa shape index (κ2) is 9.79. The van der Waals surface area contributed by atoms with Gasteiger partial charge >= 0.3 is 0 Å². The number of carbonyl (C=O) groups is 2. The molecule has 2 aromatic heterocycles. The summed E-state index contributed by atoms with van der Waals surface area (Å²) in [6.07, 6.45) is 3.54. The maximum absolute atomic E-state index is 13.2. The van der Waals surface area contributed by atoms with E-state index in [4.69, 9.17) is 4.52 Å². The Kier molecular flexibility index (Phi) is 6.58. The van der Waals surface area contributed by atoms with Gasteiger partial charge in [-0.2, -0.15) is 0 Å². The van der Waals surface area contributed by atoms with Crippen LogP contribution in [0.15, 0.2) is 34.9 Å². The van der Waals surface area contributed by atoms with Crippen molar-refractivity contribution < 1.29 is 14.1 Å². The van der Waals surface area contributed by atoms with Crippen molar-refractivity contribution in [3.8, 4) is 5.69 Å². The number of aromatic nitrogens is 2. The molecule has 8 nitrogen and oxygen atoms in total. The van der Waals surface area contributed by atoms with Crippen LogP contribution in [0.4, 0.5) is 5.82 Å². The number of rotatable bonds is 7. The van der Waals surface area contributed by atoms with Gasteiger partial charge in [0.25, 0.3) is 0 Å². The molecule has 1 fully saturated rings. The van der Waals surface area contributed by atoms with Gasteiger partial charge in [0, 0.05) is 54.9 Å². The van der Waals surface area contributed by atoms with E-state index in [1.54, 1.807) is 13.0 Å². The summed E-state index contributed by atoms with van der Waals surface area (Å²) in [5, 5.41) is 6.56. The van der Waals surface area contributed by atoms with Crippen molar-refractivity contribution in [2.45, 2.75) is 40.0 Å². The van der Waals surface area contributed by atoms with Gasteiger partial charge in [-0.15, -0.1) is 0 Å². The molecule has 1 N–H and O–H groups in total. The zero-order chi connectivity index (χ0) is 24.5. The van der Waals surface area contributed by atoms with Crippen molar-refractivity contribution in [2.75, 3.05) is 44.6 Å². The highest BCUT2D eigenvalue weighted by Gasteiger charge is 2.24. The predicted molar refractivity (Wildman–Crippen MR) is 134 cm³/mol. The Morgan fingerprint density at radius 1 is 0.943 bits per heavy atom. The molecule has 2 aliphatic rings. The molecule has 1 aliphatic carbocycles. The Balaban J connectivity index is 1.17. The second-order valence-corrected chi connectivity index (χ2v) is 9.77. The van der Waals surface area contributed by atoms with Crippen LogP contribution in [-0.4, -0.2) is 70.5 Å². The van der Waals surface area contributed by atoms with Crippen LogP contribution < -0.4 is 5.32 Å². The van der Waals surface area contributed by atoms with E-state index in [0.717, 1.165) is 55.2 Å². The van der Waals surface area contributed by atoms with E-state index in [1.807, 2.05) is 13.0 Å². The molecular weight excluding hydrogens is 442 g/mol. The first-order valence-electron chi connectivity index (χ1n) is 12.4. The maximum atomic E-state index is 13.2. The average Bonchev–Trinajstić information content (AvgIpc) is 3.53. The van der Waals surface area contributed by atoms with Crippen molar-refractivity contribution in [3.63, 3.8) is 0 Å². The van der Waals surface area contributed by atoms with Crippen LogP contribution in [0.1, 0.15) is 45.1 Å². The Hall–Kier alpha value is -3.23. The molecule has 184 valence electrons. The third-order valence-corrected chi connectivity index (χ3v) is 7.17. The fourth-order valence-electron chi connectivity index (χ4n) is 5.34. The van der Waals surface area contributed by atoms with E-state index in [2.05, 4.69) is 50.0 Å². The standard InChI is InChI=1S/C27H33N5O3/c1-18-13-24(20(3)32(18)23-8-7-21-5-4-6-22(21)15-23)25(33)16-30-9-11-31(12-10-30)17-27(34)28-26-14-19(2)35-29-26/h7-8,13-15H,4-6,9-12,16-17H2,1-3H3,(H,28,29,34). The number of piperazine rings is 1. The number of nitrogens with zero attached hydrogens (tertiary/aromatic N) is 4. The fourth-order valence-corrected chi connectivity index (χ4v) is 5.34. The number of benzene rings is 1. The van der Waals surface area contributed by atoms with Crippen molar-refractivity contribution in [3.05, 3.63) is 64.2 Å². The fraction of sp³-hybridized carbons (Fsp3) is 0.444. The smallest absolute Gasteiger partial charge is 0.239 e. The van der Waals surface area contributed by atoms with E-state index < -0.39 is 0 Å². The topological polar surface area (TPSA) is 83.6 Å². The van der Waals surface area contributed by atoms with Crippen LogP contribution in [0, 0.1) is 20.8 Å². The summed E-state index contributed by atoms with van der Waals surface area (Å²) >= 11 is 0. The van der Waals surface area contributed by atoms with Crippen LogP contribution in [0.5, 0.6) is 0 Å². The summed E-state index contributed by atoms with van der Waals surface area (Å²) in [6, 6.07) is 10.4. The van der Waals surface area contributed by atoms with Crippen molar-refractivity contribution in [1.29, 1.82) is 0 Å². The molecule has 5 rings (SSSR count). The number of nitrogens with one attached hydrogen (secondary N) is 1. The van der Waals surface area contributed by atoms with E-state index in [1.165, 1.54) is 24.0 Å². The van der Waals surface area contributed by atoms with E-state index in [-0.39, 0.29) is 11.7 Å². The highest BCUT2D eigenvalue weighted by atomic mass is 16.5. The number of hydrogen-bond donors (Lipinski definition) is 1. The van der Waals surface area contributed by atoms with Gasteiger partial charge in [0.1, 0.15) is 5.76 Å². The number of Topliss-reactive ketones (excluding diaryl/α,β-unsaturated/α-hetero) is 1. The number of hydrogen-bond acceptors (Lipinski definition) is 6. The minimum atomic E-state index is -0.109. The molecule has 35 heavy (non-hydrogen) atoms. The zero-order valence-corrected chi connectivity index (χ0v) is 20.8. The van der Waals surface area contributed by atoms with Gasteiger partial charge in [0.15, 0.2) is 11.6 Å². The van der Waals surface area contributed by atoms with E-state index in [0.29, 0.717) is 24.7 Å². The van der Waals surface area contributed by atoms with Crippen LogP contribution in [-0.2, 0) is 17.6 Å². The van der Waals surface area contributed by atoms with E-state index in [9.17, 15) is 9.59 Å². The number of fused-ring (bicyclic) bond motifs is 1. The van der Waals surface area contributed by atoms with Crippen LogP contribution in [0.25, 0.3) is 5.69 Å². The summed E-state index contributed by atoms with van der Waals surface area (Å²) in [7, 11) is 0. The number of ketones is 1. The second-order valence-electron chi connectivity index (χ2n) is 9.77. The molecule has 8 heteroatoms. The van der Waals surface area contributed by atoms with Crippen molar-refractivity contribution in [2.24, 2.45) is 0 Å². The number of carbonyl (C=O) groups excluding carboxylic acids is 2. The van der Waals surface area contributed by atoms with Gasteiger partial charge in [-0.3, -0.25) is 19.4 Å². The lowest BCUT2D eigenvalue weighted by Crippen LogP contribution is -2.49. The lowest BCUT2D eigenvalue weighted by atomic mass is 10.1. The molecule has 0 atom stereocenters. The third-order valence-electron chi connectivity index (χ3n) is 7.17. The largest absolute Gasteiger partial charge is 0.360 e. The average molecular weight is 476 g/mol. The summed E-state index contributed by atoms with van der Waals surface area (Å²) in [5.41, 5.74) is 6.92. The zero-order valence-electron chi connectivity index (χ0n) is 20.8. The van der Waals surface area contributed by atoms with Gasteiger partial charge in [-0.05, 0) is 69.4 Å². The summed E-state index contributed by atoms with van der Waals surface area (Å²) in [6.45, 7) is 9.59. The number of anilines is 1. The van der Waals surface area contributed by atoms with Gasteiger partial charge in [-0.25, -0.2) is 0 Å². The monoisotopic (exact) mass is 475 g/mol. The quantitative estimate of drug-likeness (QED) is 0.528. The molecule has 0 bridgehead atoms. The van der Waals surface area contributed by atoms with Gasteiger partial charge in [0.2, 0.25) is 5.91 Å². The minimum Gasteiger partial charge on any atom is -0.360 e. The molecular formula is C27H33N5O3. The Bertz CT molecular complexity index is 1250. The molecule has 0 spiro atoms. The molecule has 3 heterocycles. The first kappa shape index (κ1) is 23.5. The number of aryl methyl sites for hydroxylation is 4. The molecule has 3 aromatic rings. The molecule has 1 aliphatic heterocycles. The third kappa shape index (κ3) is 5.09. The highest BCUT2D eigenvalue weighted by Crippen LogP contribution is 2.27. The molecule has 0 unspecified atom stereocenters. The Morgan fingerprint density at radius 2 is 1.66 bits per heavy atom. The van der Waals surface area contributed by atoms with Crippen LogP contribution in [0.2, 0.25) is 0 Å². The van der Waals surface area contributed by atoms with Gasteiger partial charge < -0.3 is 14.4 Å². The maximum Gasteiger partial charge on any atom is 0.239 e. The summed E-state index contributed by atoms with van der Waals surface area (Å²) in [4.78, 5) is 29.8. The Labute approximate surface area is 205 Å². The van der Waals surface area contributed by atoms with Crippen molar-refractivity contribution >= 4 is 17.5 Å². The van der Waals surface area contributed by atoms with Crippen molar-refractivity contribution in [1.82, 2.24) is 19.5 Å². The van der Waals surface area contributed by atoms with E-state index >= 15 is 0 Å². The minimum absolute atomic E-state index is 0.109. The first-order valence-corrected chi connectivity index (χ1v) is 12.4. The first-order chi connectivity index (χ1) is 16.9. The lowest BCUT2D eigenvalue weighted by Gasteiger charge is -2.33. The lowest BCUT2D eigenvalue weighted by molar-refractivity contribution is -0.117. The van der Waals surface area contributed by atoms with Crippen LogP contribution in [0.3, 0.4) is 0 Å². The summed E-state index contributed by atoms with van der Waals surface area (Å²) in [5.74, 6) is 1.14. The normalized spacial score (nSPS) is 16.4. The Morgan fingerprint density at radius 3 is 2.37 bits per heavy atom. The van der Waals surface area contributed by atoms with Gasteiger partial charge in [0.05, 0.1) is 13.1 Å². The SMILES string of the molecule is Cc1cc(NC(=O)CN2CCN(CC(=O)c3cc(C)n(-c4ccc5c(c4)CCC5)c3C)CC2)no1. The summed E-state index contributed by atoms with van der Waals surface area (Å²) < 4.78 is 7.19. The molecule has 1 amide bonds.